The highest BCUT2D eigenvalue weighted by Crippen LogP contribution is 2.44. The minimum atomic E-state index is -0.590. The SMILES string of the molecule is O=C1OCC2(CCN(C(=O)c3cc4c(s3)CCOC43CCNCC3)CC2)O1. The van der Waals surface area contributed by atoms with Crippen molar-refractivity contribution < 1.29 is 23.8 Å². The molecule has 3 fully saturated rings. The Bertz CT molecular complexity index is 762. The van der Waals surface area contributed by atoms with Crippen LogP contribution >= 0.6 is 11.3 Å². The van der Waals surface area contributed by atoms with Gasteiger partial charge in [-0.05, 0) is 37.6 Å². The van der Waals surface area contributed by atoms with Crippen LogP contribution in [-0.4, -0.2) is 62.0 Å². The van der Waals surface area contributed by atoms with Crippen LogP contribution in [0, 0.1) is 0 Å². The molecule has 1 aromatic heterocycles. The van der Waals surface area contributed by atoms with Crippen molar-refractivity contribution in [2.45, 2.75) is 43.3 Å². The van der Waals surface area contributed by atoms with Gasteiger partial charge in [0.15, 0.2) is 5.60 Å². The van der Waals surface area contributed by atoms with E-state index < -0.39 is 11.8 Å². The molecular formula is C19H24N2O5S. The van der Waals surface area contributed by atoms with Crippen molar-refractivity contribution in [3.05, 3.63) is 21.4 Å². The van der Waals surface area contributed by atoms with Crippen molar-refractivity contribution in [2.75, 3.05) is 39.4 Å². The molecule has 0 unspecified atom stereocenters. The summed E-state index contributed by atoms with van der Waals surface area (Å²) in [6, 6.07) is 2.08. The van der Waals surface area contributed by atoms with Crippen LogP contribution in [-0.2, 0) is 26.2 Å². The average Bonchev–Trinajstić information content (AvgIpc) is 3.28. The van der Waals surface area contributed by atoms with E-state index in [4.69, 9.17) is 14.2 Å². The number of carbonyl (C=O) groups excluding carboxylic acids is 2. The van der Waals surface area contributed by atoms with Gasteiger partial charge >= 0.3 is 6.16 Å². The molecule has 4 aliphatic heterocycles. The number of nitrogens with one attached hydrogen (secondary N) is 1. The van der Waals surface area contributed by atoms with E-state index in [2.05, 4.69) is 11.4 Å². The van der Waals surface area contributed by atoms with Gasteiger partial charge in [0.2, 0.25) is 0 Å². The smallest absolute Gasteiger partial charge is 0.430 e. The second-order valence-corrected chi connectivity index (χ2v) is 9.04. The van der Waals surface area contributed by atoms with Gasteiger partial charge in [0, 0.05) is 37.2 Å². The fourth-order valence-corrected chi connectivity index (χ4v) is 5.91. The van der Waals surface area contributed by atoms with Gasteiger partial charge in [0.1, 0.15) is 6.61 Å². The molecule has 1 N–H and O–H groups in total. The summed E-state index contributed by atoms with van der Waals surface area (Å²) in [5.74, 6) is 0.0820. The molecule has 0 atom stereocenters. The molecule has 146 valence electrons. The second-order valence-electron chi connectivity index (χ2n) is 7.91. The third-order valence-electron chi connectivity index (χ3n) is 6.34. The zero-order chi connectivity index (χ0) is 18.5. The number of hydrogen-bond donors (Lipinski definition) is 1. The first-order valence-corrected chi connectivity index (χ1v) is 10.5. The lowest BCUT2D eigenvalue weighted by molar-refractivity contribution is -0.0792. The summed E-state index contributed by atoms with van der Waals surface area (Å²) in [5.41, 5.74) is 0.486. The van der Waals surface area contributed by atoms with E-state index in [1.54, 1.807) is 11.3 Å². The Balaban J connectivity index is 1.33. The lowest BCUT2D eigenvalue weighted by Crippen LogP contribution is -2.48. The molecule has 8 heteroatoms. The van der Waals surface area contributed by atoms with E-state index in [-0.39, 0.29) is 11.5 Å². The van der Waals surface area contributed by atoms with Gasteiger partial charge in [0.25, 0.3) is 5.91 Å². The molecule has 1 amide bonds. The van der Waals surface area contributed by atoms with Crippen LogP contribution in [0.25, 0.3) is 0 Å². The predicted octanol–water partition coefficient (Wildman–Crippen LogP) is 2.04. The van der Waals surface area contributed by atoms with Gasteiger partial charge in [-0.25, -0.2) is 4.79 Å². The third kappa shape index (κ3) is 2.94. The maximum absolute atomic E-state index is 13.1. The van der Waals surface area contributed by atoms with Gasteiger partial charge in [-0.3, -0.25) is 4.79 Å². The van der Waals surface area contributed by atoms with E-state index in [0.717, 1.165) is 43.8 Å². The lowest BCUT2D eigenvalue weighted by Gasteiger charge is -2.40. The Morgan fingerprint density at radius 3 is 2.67 bits per heavy atom. The summed E-state index contributed by atoms with van der Waals surface area (Å²) in [4.78, 5) is 28.4. The number of amides is 1. The molecule has 27 heavy (non-hydrogen) atoms. The third-order valence-corrected chi connectivity index (χ3v) is 7.53. The molecule has 0 aliphatic carbocycles. The van der Waals surface area contributed by atoms with Crippen molar-refractivity contribution in [3.63, 3.8) is 0 Å². The molecular weight excluding hydrogens is 368 g/mol. The highest BCUT2D eigenvalue weighted by Gasteiger charge is 2.46. The van der Waals surface area contributed by atoms with Crippen molar-refractivity contribution >= 4 is 23.4 Å². The number of thiophene rings is 1. The standard InChI is InChI=1S/C19H24N2O5S/c22-16(21-8-4-18(5-9-21)12-24-17(23)26-18)15-11-13-14(27-15)1-10-25-19(13)2-6-20-7-3-19/h11,20H,1-10,12H2. The second kappa shape index (κ2) is 6.46. The molecule has 0 bridgehead atoms. The molecule has 7 nitrogen and oxygen atoms in total. The van der Waals surface area contributed by atoms with Crippen molar-refractivity contribution in [1.29, 1.82) is 0 Å². The van der Waals surface area contributed by atoms with Crippen LogP contribution in [0.15, 0.2) is 6.07 Å². The van der Waals surface area contributed by atoms with E-state index in [0.29, 0.717) is 32.5 Å². The maximum Gasteiger partial charge on any atom is 0.509 e. The first kappa shape index (κ1) is 17.5. The minimum Gasteiger partial charge on any atom is -0.430 e. The molecule has 0 aromatic carbocycles. The summed E-state index contributed by atoms with van der Waals surface area (Å²) in [6.07, 6.45) is 3.48. The summed E-state index contributed by atoms with van der Waals surface area (Å²) in [6.45, 7) is 4.11. The number of likely N-dealkylation sites (tertiary alicyclic amines) is 1. The molecule has 3 saturated heterocycles. The summed E-state index contributed by atoms with van der Waals surface area (Å²) in [5, 5.41) is 3.40. The summed E-state index contributed by atoms with van der Waals surface area (Å²) in [7, 11) is 0. The fourth-order valence-electron chi connectivity index (χ4n) is 4.71. The highest BCUT2D eigenvalue weighted by molar-refractivity contribution is 7.14. The van der Waals surface area contributed by atoms with Crippen LogP contribution in [0.2, 0.25) is 0 Å². The topological polar surface area (TPSA) is 77.1 Å². The summed E-state index contributed by atoms with van der Waals surface area (Å²) >= 11 is 1.63. The Morgan fingerprint density at radius 2 is 1.96 bits per heavy atom. The Kier molecular flexibility index (Phi) is 4.18. The highest BCUT2D eigenvalue weighted by atomic mass is 32.1. The van der Waals surface area contributed by atoms with Crippen LogP contribution in [0.3, 0.4) is 0 Å². The normalized spacial score (nSPS) is 25.9. The van der Waals surface area contributed by atoms with E-state index in [9.17, 15) is 9.59 Å². The number of fused-ring (bicyclic) bond motifs is 2. The van der Waals surface area contributed by atoms with Crippen LogP contribution < -0.4 is 5.32 Å². The Morgan fingerprint density at radius 1 is 1.19 bits per heavy atom. The van der Waals surface area contributed by atoms with Gasteiger partial charge in [-0.1, -0.05) is 0 Å². The first-order chi connectivity index (χ1) is 13.1. The monoisotopic (exact) mass is 392 g/mol. The zero-order valence-electron chi connectivity index (χ0n) is 15.3. The van der Waals surface area contributed by atoms with Gasteiger partial charge in [-0.15, -0.1) is 11.3 Å². The van der Waals surface area contributed by atoms with Gasteiger partial charge in [0.05, 0.1) is 17.1 Å². The molecule has 4 aliphatic rings. The largest absolute Gasteiger partial charge is 0.509 e. The van der Waals surface area contributed by atoms with E-state index in [1.165, 1.54) is 10.4 Å². The first-order valence-electron chi connectivity index (χ1n) is 9.72. The Hall–Kier alpha value is -1.64. The predicted molar refractivity (Wildman–Crippen MR) is 98.1 cm³/mol. The van der Waals surface area contributed by atoms with Crippen LogP contribution in [0.1, 0.15) is 45.8 Å². The molecule has 5 heterocycles. The lowest BCUT2D eigenvalue weighted by atomic mass is 9.83. The van der Waals surface area contributed by atoms with Crippen molar-refractivity contribution in [1.82, 2.24) is 10.2 Å². The molecule has 0 radical (unpaired) electrons. The molecule has 0 saturated carbocycles. The van der Waals surface area contributed by atoms with Gasteiger partial charge in [-0.2, -0.15) is 0 Å². The molecule has 2 spiro atoms. The number of ether oxygens (including phenoxy) is 3. The number of hydrogen-bond acceptors (Lipinski definition) is 7. The van der Waals surface area contributed by atoms with Crippen molar-refractivity contribution in [3.8, 4) is 0 Å². The number of cyclic esters (lactones) is 1. The maximum atomic E-state index is 13.1. The number of nitrogens with zero attached hydrogens (tertiary/aromatic N) is 1. The molecule has 1 aromatic rings. The van der Waals surface area contributed by atoms with Crippen LogP contribution in [0.5, 0.6) is 0 Å². The zero-order valence-corrected chi connectivity index (χ0v) is 16.1. The number of carbonyl (C=O) groups is 2. The number of piperidine rings is 2. The van der Waals surface area contributed by atoms with Crippen LogP contribution in [0.4, 0.5) is 4.79 Å². The van der Waals surface area contributed by atoms with Gasteiger partial charge < -0.3 is 24.4 Å². The van der Waals surface area contributed by atoms with E-state index in [1.807, 2.05) is 4.90 Å². The summed E-state index contributed by atoms with van der Waals surface area (Å²) < 4.78 is 16.5. The Labute approximate surface area is 161 Å². The fraction of sp³-hybridized carbons (Fsp3) is 0.684. The minimum absolute atomic E-state index is 0.0820. The number of rotatable bonds is 1. The quantitative estimate of drug-likeness (QED) is 0.737. The van der Waals surface area contributed by atoms with E-state index >= 15 is 0 Å². The molecule has 5 rings (SSSR count). The average molecular weight is 392 g/mol. The van der Waals surface area contributed by atoms with Crippen molar-refractivity contribution in [2.24, 2.45) is 0 Å².